The number of carboxylic acid groups (broad SMARTS) is 1. The van der Waals surface area contributed by atoms with Crippen LogP contribution in [0.25, 0.3) is 10.8 Å². The molecule has 3 rings (SSSR count). The zero-order chi connectivity index (χ0) is 27.5. The number of aryl methyl sites for hydroxylation is 3. The van der Waals surface area contributed by atoms with Crippen LogP contribution in [-0.2, 0) is 20.7 Å². The van der Waals surface area contributed by atoms with Crippen molar-refractivity contribution in [3.63, 3.8) is 0 Å². The van der Waals surface area contributed by atoms with Crippen LogP contribution in [0, 0.1) is 20.8 Å². The standard InChI is InChI=1S/C30H36N2O5/c1-17-12-18(2)23(19(3)13-17)16-26(33)31-25-15-22-11-9-8-10-21(22)14-24(25)28(34)32-27(29(35)36)20(4)37-30(5,6)7/h8-15,20,27H,16H2,1-7H3,(H,31,33)(H,32,34)(H,35,36)/t20-,27+/m1/s1. The first-order valence-electron chi connectivity index (χ1n) is 12.4. The highest BCUT2D eigenvalue weighted by atomic mass is 16.5. The van der Waals surface area contributed by atoms with Crippen molar-refractivity contribution < 1.29 is 24.2 Å². The van der Waals surface area contributed by atoms with E-state index in [0.29, 0.717) is 5.69 Å². The van der Waals surface area contributed by atoms with Gasteiger partial charge >= 0.3 is 5.97 Å². The van der Waals surface area contributed by atoms with E-state index in [0.717, 1.165) is 33.0 Å². The summed E-state index contributed by atoms with van der Waals surface area (Å²) in [4.78, 5) is 38.5. The van der Waals surface area contributed by atoms with E-state index in [2.05, 4.69) is 10.6 Å². The molecular weight excluding hydrogens is 468 g/mol. The molecule has 0 spiro atoms. The second-order valence-corrected chi connectivity index (χ2v) is 10.6. The van der Waals surface area contributed by atoms with E-state index >= 15 is 0 Å². The summed E-state index contributed by atoms with van der Waals surface area (Å²) >= 11 is 0. The Morgan fingerprint density at radius 3 is 2.05 bits per heavy atom. The van der Waals surface area contributed by atoms with Crippen molar-refractivity contribution in [2.75, 3.05) is 5.32 Å². The molecule has 196 valence electrons. The topological polar surface area (TPSA) is 105 Å². The van der Waals surface area contributed by atoms with Crippen LogP contribution >= 0.6 is 0 Å². The Bertz CT molecular complexity index is 1320. The average Bonchev–Trinajstić information content (AvgIpc) is 2.77. The van der Waals surface area contributed by atoms with Gasteiger partial charge in [0.25, 0.3) is 5.91 Å². The monoisotopic (exact) mass is 504 g/mol. The molecule has 37 heavy (non-hydrogen) atoms. The molecule has 7 heteroatoms. The lowest BCUT2D eigenvalue weighted by atomic mass is 9.97. The molecule has 2 amide bonds. The third-order valence-electron chi connectivity index (χ3n) is 6.14. The minimum atomic E-state index is -1.28. The second-order valence-electron chi connectivity index (χ2n) is 10.6. The van der Waals surface area contributed by atoms with Crippen molar-refractivity contribution in [3.05, 3.63) is 76.3 Å². The zero-order valence-corrected chi connectivity index (χ0v) is 22.6. The Morgan fingerprint density at radius 1 is 0.946 bits per heavy atom. The summed E-state index contributed by atoms with van der Waals surface area (Å²) in [5.41, 5.74) is 4.03. The van der Waals surface area contributed by atoms with Crippen molar-refractivity contribution in [3.8, 4) is 0 Å². The smallest absolute Gasteiger partial charge is 0.328 e. The molecule has 0 heterocycles. The number of carbonyl (C=O) groups is 3. The molecule has 3 aromatic carbocycles. The first kappa shape index (κ1) is 27.9. The SMILES string of the molecule is Cc1cc(C)c(CC(=O)Nc2cc3ccccc3cc2C(=O)N[C@H](C(=O)O)[C@@H](C)OC(C)(C)C)c(C)c1. The molecule has 0 aromatic heterocycles. The summed E-state index contributed by atoms with van der Waals surface area (Å²) < 4.78 is 5.79. The molecule has 0 aliphatic heterocycles. The van der Waals surface area contributed by atoms with Crippen molar-refractivity contribution in [1.29, 1.82) is 0 Å². The number of aliphatic carboxylic acids is 1. The van der Waals surface area contributed by atoms with Crippen LogP contribution in [0.4, 0.5) is 5.69 Å². The molecule has 0 bridgehead atoms. The van der Waals surface area contributed by atoms with Gasteiger partial charge in [-0.2, -0.15) is 0 Å². The van der Waals surface area contributed by atoms with E-state index in [9.17, 15) is 19.5 Å². The maximum atomic E-state index is 13.4. The van der Waals surface area contributed by atoms with Gasteiger partial charge in [0.05, 0.1) is 29.4 Å². The Hall–Kier alpha value is -3.71. The summed E-state index contributed by atoms with van der Waals surface area (Å²) in [5.74, 6) is -2.08. The fourth-order valence-electron chi connectivity index (χ4n) is 4.60. The minimum absolute atomic E-state index is 0.153. The van der Waals surface area contributed by atoms with Crippen LogP contribution in [-0.4, -0.2) is 40.6 Å². The van der Waals surface area contributed by atoms with Gasteiger partial charge in [0.15, 0.2) is 6.04 Å². The lowest BCUT2D eigenvalue weighted by Gasteiger charge is -2.29. The number of anilines is 1. The van der Waals surface area contributed by atoms with Crippen LogP contribution in [0.5, 0.6) is 0 Å². The van der Waals surface area contributed by atoms with Gasteiger partial charge in [0.2, 0.25) is 5.91 Å². The molecule has 2 atom stereocenters. The molecule has 0 aliphatic carbocycles. The molecule has 0 aliphatic rings. The quantitative estimate of drug-likeness (QED) is 0.384. The zero-order valence-electron chi connectivity index (χ0n) is 22.6. The average molecular weight is 505 g/mol. The molecule has 0 saturated heterocycles. The maximum absolute atomic E-state index is 13.4. The van der Waals surface area contributed by atoms with Gasteiger partial charge in [-0.1, -0.05) is 42.0 Å². The number of nitrogens with one attached hydrogen (secondary N) is 2. The Morgan fingerprint density at radius 2 is 1.51 bits per heavy atom. The predicted octanol–water partition coefficient (Wildman–Crippen LogP) is 5.33. The lowest BCUT2D eigenvalue weighted by Crippen LogP contribution is -2.50. The van der Waals surface area contributed by atoms with Crippen molar-refractivity contribution in [2.24, 2.45) is 0 Å². The van der Waals surface area contributed by atoms with Crippen LogP contribution in [0.3, 0.4) is 0 Å². The molecular formula is C30H36N2O5. The summed E-state index contributed by atoms with van der Waals surface area (Å²) in [7, 11) is 0. The number of hydrogen-bond donors (Lipinski definition) is 3. The van der Waals surface area contributed by atoms with E-state index in [1.165, 1.54) is 0 Å². The summed E-state index contributed by atoms with van der Waals surface area (Å²) in [6.07, 6.45) is -0.632. The number of amides is 2. The van der Waals surface area contributed by atoms with Crippen LogP contribution in [0.2, 0.25) is 0 Å². The van der Waals surface area contributed by atoms with E-state index in [1.54, 1.807) is 19.1 Å². The van der Waals surface area contributed by atoms with Crippen molar-refractivity contribution >= 4 is 34.2 Å². The summed E-state index contributed by atoms with van der Waals surface area (Å²) in [6, 6.07) is 13.7. The summed E-state index contributed by atoms with van der Waals surface area (Å²) in [6.45, 7) is 13.0. The molecule has 0 radical (unpaired) electrons. The number of rotatable bonds is 8. The van der Waals surface area contributed by atoms with E-state index < -0.39 is 29.6 Å². The molecule has 0 saturated carbocycles. The number of carboxylic acids is 1. The number of fused-ring (bicyclic) bond motifs is 1. The van der Waals surface area contributed by atoms with E-state index in [4.69, 9.17) is 4.74 Å². The van der Waals surface area contributed by atoms with Crippen LogP contribution < -0.4 is 10.6 Å². The highest BCUT2D eigenvalue weighted by Crippen LogP contribution is 2.26. The Kier molecular flexibility index (Phi) is 8.39. The maximum Gasteiger partial charge on any atom is 0.328 e. The van der Waals surface area contributed by atoms with E-state index in [-0.39, 0.29) is 17.9 Å². The van der Waals surface area contributed by atoms with Gasteiger partial charge in [0.1, 0.15) is 0 Å². The summed E-state index contributed by atoms with van der Waals surface area (Å²) in [5, 5.41) is 16.9. The normalized spacial score (nSPS) is 13.2. The first-order valence-corrected chi connectivity index (χ1v) is 12.4. The van der Waals surface area contributed by atoms with Crippen molar-refractivity contribution in [2.45, 2.75) is 72.6 Å². The Balaban J connectivity index is 1.93. The van der Waals surface area contributed by atoms with Crippen LogP contribution in [0.1, 0.15) is 60.3 Å². The minimum Gasteiger partial charge on any atom is -0.480 e. The number of hydrogen-bond acceptors (Lipinski definition) is 4. The number of ether oxygens (including phenoxy) is 1. The first-order chi connectivity index (χ1) is 17.2. The molecule has 3 N–H and O–H groups in total. The number of carbonyl (C=O) groups excluding carboxylic acids is 2. The van der Waals surface area contributed by atoms with E-state index in [1.807, 2.05) is 77.9 Å². The van der Waals surface area contributed by atoms with Crippen molar-refractivity contribution in [1.82, 2.24) is 5.32 Å². The third kappa shape index (κ3) is 7.17. The Labute approximate surface area is 218 Å². The highest BCUT2D eigenvalue weighted by Gasteiger charge is 2.31. The van der Waals surface area contributed by atoms with Gasteiger partial charge in [-0.15, -0.1) is 0 Å². The molecule has 0 fully saturated rings. The molecule has 3 aromatic rings. The fraction of sp³-hybridized carbons (Fsp3) is 0.367. The molecule has 7 nitrogen and oxygen atoms in total. The largest absolute Gasteiger partial charge is 0.480 e. The van der Waals surface area contributed by atoms with Gasteiger partial charge in [-0.3, -0.25) is 9.59 Å². The molecule has 0 unspecified atom stereocenters. The van der Waals surface area contributed by atoms with Gasteiger partial charge in [-0.05, 0) is 88.1 Å². The van der Waals surface area contributed by atoms with Gasteiger partial charge in [0, 0.05) is 0 Å². The number of benzene rings is 3. The second kappa shape index (κ2) is 11.1. The van der Waals surface area contributed by atoms with Gasteiger partial charge in [-0.25, -0.2) is 4.79 Å². The third-order valence-corrected chi connectivity index (χ3v) is 6.14. The predicted molar refractivity (Wildman–Crippen MR) is 146 cm³/mol. The lowest BCUT2D eigenvalue weighted by molar-refractivity contribution is -0.146. The van der Waals surface area contributed by atoms with Crippen LogP contribution in [0.15, 0.2) is 48.5 Å². The highest BCUT2D eigenvalue weighted by molar-refractivity contribution is 6.08. The van der Waals surface area contributed by atoms with Gasteiger partial charge < -0.3 is 20.5 Å². The fourth-order valence-corrected chi connectivity index (χ4v) is 4.60.